The number of aromatic nitrogens is 2. The summed E-state index contributed by atoms with van der Waals surface area (Å²) in [5.74, 6) is -0.888. The number of carbonyl (C=O) groups is 2. The minimum Gasteiger partial charge on any atom is -0.452 e. The van der Waals surface area contributed by atoms with Gasteiger partial charge in [-0.3, -0.25) is 9.48 Å². The van der Waals surface area contributed by atoms with Gasteiger partial charge in [-0.1, -0.05) is 46.3 Å². The van der Waals surface area contributed by atoms with Crippen LogP contribution in [0.5, 0.6) is 0 Å². The maximum atomic E-state index is 12.1. The van der Waals surface area contributed by atoms with Crippen LogP contribution in [-0.4, -0.2) is 28.3 Å². The molecule has 7 heteroatoms. The molecule has 0 saturated heterocycles. The van der Waals surface area contributed by atoms with Crippen LogP contribution in [0.4, 0.5) is 0 Å². The van der Waals surface area contributed by atoms with Crippen LogP contribution in [-0.2, 0) is 22.6 Å². The van der Waals surface area contributed by atoms with Crippen molar-refractivity contribution in [3.05, 3.63) is 87.1 Å². The molecule has 1 N–H and O–H groups in total. The monoisotopic (exact) mass is 455 g/mol. The number of esters is 1. The fraction of sp³-hybridized carbons (Fsp3) is 0.227. The molecule has 2 aromatic carbocycles. The molecule has 1 amide bonds. The van der Waals surface area contributed by atoms with Crippen LogP contribution in [0.25, 0.3) is 0 Å². The van der Waals surface area contributed by atoms with Crippen molar-refractivity contribution in [1.82, 2.24) is 15.1 Å². The third-order valence-corrected chi connectivity index (χ3v) is 5.11. The predicted octanol–water partition coefficient (Wildman–Crippen LogP) is 3.78. The molecule has 0 bridgehead atoms. The molecule has 0 radical (unpaired) electrons. The van der Waals surface area contributed by atoms with E-state index in [1.807, 2.05) is 36.7 Å². The Balaban J connectivity index is 1.53. The van der Waals surface area contributed by atoms with Gasteiger partial charge in [-0.25, -0.2) is 4.79 Å². The average molecular weight is 456 g/mol. The summed E-state index contributed by atoms with van der Waals surface area (Å²) in [5.41, 5.74) is 4.39. The number of halogens is 1. The molecule has 3 rings (SSSR count). The number of amides is 1. The molecule has 0 aliphatic heterocycles. The SMILES string of the molecule is Cc1nn(Cc2ccccc2)c(C)c1CNC(=O)COC(=O)c1ccc(Br)cc1. The van der Waals surface area contributed by atoms with E-state index in [2.05, 4.69) is 38.5 Å². The second-order valence-electron chi connectivity index (χ2n) is 6.65. The molecule has 6 nitrogen and oxygen atoms in total. The quantitative estimate of drug-likeness (QED) is 0.550. The Labute approximate surface area is 178 Å². The first-order chi connectivity index (χ1) is 13.9. The van der Waals surface area contributed by atoms with Crippen molar-refractivity contribution < 1.29 is 14.3 Å². The Hall–Kier alpha value is -2.93. The Morgan fingerprint density at radius 3 is 2.45 bits per heavy atom. The Bertz CT molecular complexity index is 998. The molecule has 0 atom stereocenters. The Morgan fingerprint density at radius 2 is 1.76 bits per heavy atom. The summed E-state index contributed by atoms with van der Waals surface area (Å²) in [4.78, 5) is 24.1. The Kier molecular flexibility index (Phi) is 6.82. The number of carbonyl (C=O) groups excluding carboxylic acids is 2. The zero-order chi connectivity index (χ0) is 20.8. The highest BCUT2D eigenvalue weighted by molar-refractivity contribution is 9.10. The minimum atomic E-state index is -0.532. The molecule has 0 aliphatic carbocycles. The molecular weight excluding hydrogens is 434 g/mol. The van der Waals surface area contributed by atoms with Crippen molar-refractivity contribution in [2.24, 2.45) is 0 Å². The van der Waals surface area contributed by atoms with E-state index >= 15 is 0 Å². The van der Waals surface area contributed by atoms with Gasteiger partial charge in [0.15, 0.2) is 6.61 Å². The molecule has 0 fully saturated rings. The van der Waals surface area contributed by atoms with Crippen molar-refractivity contribution >= 4 is 27.8 Å². The molecule has 0 unspecified atom stereocenters. The van der Waals surface area contributed by atoms with Gasteiger partial charge in [0.25, 0.3) is 5.91 Å². The van der Waals surface area contributed by atoms with E-state index < -0.39 is 5.97 Å². The van der Waals surface area contributed by atoms with Crippen LogP contribution in [0.1, 0.15) is 32.9 Å². The van der Waals surface area contributed by atoms with E-state index in [1.165, 1.54) is 0 Å². The fourth-order valence-electron chi connectivity index (χ4n) is 2.94. The van der Waals surface area contributed by atoms with Crippen LogP contribution in [0.15, 0.2) is 59.1 Å². The van der Waals surface area contributed by atoms with Crippen LogP contribution in [0.2, 0.25) is 0 Å². The maximum Gasteiger partial charge on any atom is 0.338 e. The number of hydrogen-bond donors (Lipinski definition) is 1. The van der Waals surface area contributed by atoms with E-state index in [1.54, 1.807) is 24.3 Å². The van der Waals surface area contributed by atoms with Gasteiger partial charge in [-0.2, -0.15) is 5.10 Å². The zero-order valence-electron chi connectivity index (χ0n) is 16.3. The lowest BCUT2D eigenvalue weighted by atomic mass is 10.2. The predicted molar refractivity (Wildman–Crippen MR) is 114 cm³/mol. The molecule has 1 heterocycles. The van der Waals surface area contributed by atoms with Gasteiger partial charge < -0.3 is 10.1 Å². The lowest BCUT2D eigenvalue weighted by Gasteiger charge is -2.08. The van der Waals surface area contributed by atoms with Crippen molar-refractivity contribution in [2.75, 3.05) is 6.61 Å². The number of benzene rings is 2. The van der Waals surface area contributed by atoms with Gasteiger partial charge in [-0.15, -0.1) is 0 Å². The van der Waals surface area contributed by atoms with Crippen LogP contribution in [0.3, 0.4) is 0 Å². The highest BCUT2D eigenvalue weighted by Crippen LogP contribution is 2.15. The summed E-state index contributed by atoms with van der Waals surface area (Å²) >= 11 is 3.31. The summed E-state index contributed by atoms with van der Waals surface area (Å²) in [6, 6.07) is 16.8. The van der Waals surface area contributed by atoms with E-state index in [9.17, 15) is 9.59 Å². The van der Waals surface area contributed by atoms with E-state index in [-0.39, 0.29) is 12.5 Å². The highest BCUT2D eigenvalue weighted by atomic mass is 79.9. The number of aryl methyl sites for hydroxylation is 1. The van der Waals surface area contributed by atoms with Crippen LogP contribution >= 0.6 is 15.9 Å². The van der Waals surface area contributed by atoms with E-state index in [4.69, 9.17) is 4.74 Å². The topological polar surface area (TPSA) is 73.2 Å². The third-order valence-electron chi connectivity index (χ3n) is 4.58. The first-order valence-corrected chi connectivity index (χ1v) is 9.99. The van der Waals surface area contributed by atoms with Crippen LogP contribution in [0, 0.1) is 13.8 Å². The second-order valence-corrected chi connectivity index (χ2v) is 7.57. The van der Waals surface area contributed by atoms with Gasteiger partial charge >= 0.3 is 5.97 Å². The molecule has 0 saturated carbocycles. The van der Waals surface area contributed by atoms with Gasteiger partial charge in [0.1, 0.15) is 0 Å². The number of nitrogens with zero attached hydrogens (tertiary/aromatic N) is 2. The summed E-state index contributed by atoms with van der Waals surface area (Å²) in [6.07, 6.45) is 0. The highest BCUT2D eigenvalue weighted by Gasteiger charge is 2.14. The van der Waals surface area contributed by atoms with Crippen molar-refractivity contribution in [3.63, 3.8) is 0 Å². The zero-order valence-corrected chi connectivity index (χ0v) is 17.9. The summed E-state index contributed by atoms with van der Waals surface area (Å²) in [6.45, 7) is 4.58. The summed E-state index contributed by atoms with van der Waals surface area (Å²) < 4.78 is 7.87. The smallest absolute Gasteiger partial charge is 0.338 e. The minimum absolute atomic E-state index is 0.328. The molecule has 3 aromatic rings. The lowest BCUT2D eigenvalue weighted by molar-refractivity contribution is -0.124. The molecule has 0 aliphatic rings. The largest absolute Gasteiger partial charge is 0.452 e. The van der Waals surface area contributed by atoms with Crippen molar-refractivity contribution in [2.45, 2.75) is 26.9 Å². The molecule has 1 aromatic heterocycles. The third kappa shape index (κ3) is 5.54. The average Bonchev–Trinajstić information content (AvgIpc) is 2.98. The number of ether oxygens (including phenoxy) is 1. The molecule has 0 spiro atoms. The van der Waals surface area contributed by atoms with Gasteiger partial charge in [0.05, 0.1) is 17.8 Å². The number of rotatable bonds is 7. The normalized spacial score (nSPS) is 10.6. The number of hydrogen-bond acceptors (Lipinski definition) is 4. The van der Waals surface area contributed by atoms with E-state index in [0.29, 0.717) is 18.7 Å². The molecule has 29 heavy (non-hydrogen) atoms. The van der Waals surface area contributed by atoms with Crippen molar-refractivity contribution in [1.29, 1.82) is 0 Å². The molecular formula is C22H22BrN3O3. The number of nitrogens with one attached hydrogen (secondary N) is 1. The molecule has 150 valence electrons. The lowest BCUT2D eigenvalue weighted by Crippen LogP contribution is -2.28. The second kappa shape index (κ2) is 9.52. The van der Waals surface area contributed by atoms with Gasteiger partial charge in [0.2, 0.25) is 0 Å². The van der Waals surface area contributed by atoms with Gasteiger partial charge in [0, 0.05) is 22.3 Å². The Morgan fingerprint density at radius 1 is 1.07 bits per heavy atom. The fourth-order valence-corrected chi connectivity index (χ4v) is 3.20. The van der Waals surface area contributed by atoms with Gasteiger partial charge in [-0.05, 0) is 43.7 Å². The first kappa shape index (κ1) is 20.8. The summed E-state index contributed by atoms with van der Waals surface area (Å²) in [5, 5.41) is 7.38. The van der Waals surface area contributed by atoms with Crippen LogP contribution < -0.4 is 5.32 Å². The summed E-state index contributed by atoms with van der Waals surface area (Å²) in [7, 11) is 0. The standard InChI is InChI=1S/C22H22BrN3O3/c1-15-20(16(2)26(25-15)13-17-6-4-3-5-7-17)12-24-21(27)14-29-22(28)18-8-10-19(23)11-9-18/h3-11H,12-14H2,1-2H3,(H,24,27). The van der Waals surface area contributed by atoms with Crippen molar-refractivity contribution in [3.8, 4) is 0 Å². The van der Waals surface area contributed by atoms with E-state index in [0.717, 1.165) is 27.0 Å². The maximum absolute atomic E-state index is 12.1. The first-order valence-electron chi connectivity index (χ1n) is 9.20.